The maximum Gasteiger partial charge on any atom is 0.323 e. The van der Waals surface area contributed by atoms with Gasteiger partial charge in [0.05, 0.1) is 12.1 Å². The average Bonchev–Trinajstić information content (AvgIpc) is 2.39. The smallest absolute Gasteiger partial charge is 0.323 e. The highest BCUT2D eigenvalue weighted by Crippen LogP contribution is 2.25. The molecule has 0 spiro atoms. The number of benzene rings is 1. The van der Waals surface area contributed by atoms with Crippen molar-refractivity contribution >= 4 is 5.97 Å². The van der Waals surface area contributed by atoms with Gasteiger partial charge in [-0.25, -0.2) is 0 Å². The first-order valence-electron chi connectivity index (χ1n) is 6.60. The third-order valence-corrected chi connectivity index (χ3v) is 1.73. The largest absolute Gasteiger partial charge is 0.504 e. The van der Waals surface area contributed by atoms with Crippen molar-refractivity contribution in [1.29, 1.82) is 0 Å². The Morgan fingerprint density at radius 1 is 1.62 bits per heavy atom. The monoisotopic (exact) mass is 229 g/mol. The fourth-order valence-corrected chi connectivity index (χ4v) is 1.00. The van der Waals surface area contributed by atoms with Crippen LogP contribution in [0, 0.1) is 0 Å². The molecule has 0 unspecified atom stereocenters. The maximum absolute atomic E-state index is 11.5. The number of nitrogens with two attached hydrogens (primary N) is 1. The fraction of sp³-hybridized carbons (Fsp3) is 0.364. The lowest BCUT2D eigenvalue weighted by Gasteiger charge is -2.10. The van der Waals surface area contributed by atoms with E-state index in [-0.39, 0.29) is 12.2 Å². The lowest BCUT2D eigenvalue weighted by Crippen LogP contribution is -2.34. The van der Waals surface area contributed by atoms with Gasteiger partial charge in [0.1, 0.15) is 6.02 Å². The molecule has 1 aromatic carbocycles. The normalized spacial score (nSPS) is 17.6. The molecule has 5 nitrogen and oxygen atoms in total. The molecule has 1 atom stereocenters. The highest BCUT2D eigenvalue weighted by atomic mass is 16.5. The molecule has 0 saturated heterocycles. The zero-order valence-electron chi connectivity index (χ0n) is 12.7. The third-order valence-electron chi connectivity index (χ3n) is 1.73. The molecule has 0 saturated carbocycles. The Bertz CT molecular complexity index is 519. The van der Waals surface area contributed by atoms with Crippen LogP contribution in [0.5, 0.6) is 11.5 Å². The van der Waals surface area contributed by atoms with Crippen molar-refractivity contribution in [2.75, 3.05) is 6.61 Å². The topological polar surface area (TPSA) is 92.8 Å². The van der Waals surface area contributed by atoms with Gasteiger partial charge < -0.3 is 20.7 Å². The standard InChI is InChI=1S/C11H15NO4/c1-2-16-11(15)8(12)5-7-3-4-9(13)10(14)6-7/h3-4,6,8,13-14H,2,5,12H2,1H3/t8-/m1/s1/i3D,4D,6D,8D. The number of hydrogen-bond donors (Lipinski definition) is 3. The molecule has 5 heteroatoms. The number of carbonyl (C=O) groups is 1. The predicted molar refractivity (Wildman–Crippen MR) is 58.1 cm³/mol. The van der Waals surface area contributed by atoms with E-state index in [9.17, 15) is 15.0 Å². The first-order valence-corrected chi connectivity index (χ1v) is 4.60. The summed E-state index contributed by atoms with van der Waals surface area (Å²) in [4.78, 5) is 11.5. The van der Waals surface area contributed by atoms with Crippen molar-refractivity contribution in [3.05, 3.63) is 23.7 Å². The van der Waals surface area contributed by atoms with Gasteiger partial charge in [-0.05, 0) is 31.0 Å². The second kappa shape index (κ2) is 5.37. The zero-order valence-corrected chi connectivity index (χ0v) is 8.70. The summed E-state index contributed by atoms with van der Waals surface area (Å²) < 4.78 is 34.9. The summed E-state index contributed by atoms with van der Waals surface area (Å²) in [6.07, 6.45) is -0.594. The van der Waals surface area contributed by atoms with Gasteiger partial charge >= 0.3 is 5.97 Å². The Morgan fingerprint density at radius 3 is 2.94 bits per heavy atom. The van der Waals surface area contributed by atoms with Crippen molar-refractivity contribution in [2.24, 2.45) is 5.73 Å². The van der Waals surface area contributed by atoms with Crippen molar-refractivity contribution in [1.82, 2.24) is 0 Å². The van der Waals surface area contributed by atoms with Crippen molar-refractivity contribution in [3.63, 3.8) is 0 Å². The number of aromatic hydroxyl groups is 2. The van der Waals surface area contributed by atoms with E-state index in [0.29, 0.717) is 0 Å². The molecule has 0 aromatic heterocycles. The first-order chi connectivity index (χ1) is 9.13. The Hall–Kier alpha value is -1.75. The molecule has 0 aliphatic carbocycles. The van der Waals surface area contributed by atoms with Crippen LogP contribution in [-0.2, 0) is 16.0 Å². The SMILES string of the molecule is [2H]c1c([2H])c(C[C@@]([2H])(N)C(=O)OCC)c([2H])c(O)c1O. The van der Waals surface area contributed by atoms with Gasteiger partial charge in [0.2, 0.25) is 0 Å². The minimum absolute atomic E-state index is 0.0165. The van der Waals surface area contributed by atoms with Gasteiger partial charge in [-0.2, -0.15) is 0 Å². The molecule has 0 radical (unpaired) electrons. The molecule has 88 valence electrons. The number of carbonyl (C=O) groups excluding carboxylic acids is 1. The van der Waals surface area contributed by atoms with Crippen molar-refractivity contribution in [2.45, 2.75) is 19.4 Å². The van der Waals surface area contributed by atoms with Gasteiger partial charge in [0, 0.05) is 0 Å². The lowest BCUT2D eigenvalue weighted by molar-refractivity contribution is -0.144. The Labute approximate surface area is 99.1 Å². The van der Waals surface area contributed by atoms with E-state index in [4.69, 9.17) is 11.2 Å². The van der Waals surface area contributed by atoms with E-state index >= 15 is 0 Å². The molecular weight excluding hydrogens is 210 g/mol. The van der Waals surface area contributed by atoms with Crippen LogP contribution in [-0.4, -0.2) is 28.8 Å². The Morgan fingerprint density at radius 2 is 2.31 bits per heavy atom. The van der Waals surface area contributed by atoms with Crippen LogP contribution in [0.25, 0.3) is 0 Å². The van der Waals surface area contributed by atoms with Gasteiger partial charge in [0.25, 0.3) is 0 Å². The third kappa shape index (κ3) is 3.13. The summed E-state index contributed by atoms with van der Waals surface area (Å²) in [5.74, 6) is -2.83. The highest BCUT2D eigenvalue weighted by Gasteiger charge is 2.15. The van der Waals surface area contributed by atoms with Crippen LogP contribution in [0.3, 0.4) is 0 Å². The Kier molecular flexibility index (Phi) is 2.52. The van der Waals surface area contributed by atoms with Crippen LogP contribution in [0.15, 0.2) is 18.1 Å². The fourth-order valence-electron chi connectivity index (χ4n) is 1.00. The average molecular weight is 229 g/mol. The molecule has 0 heterocycles. The minimum Gasteiger partial charge on any atom is -0.504 e. The maximum atomic E-state index is 11.5. The van der Waals surface area contributed by atoms with E-state index in [1.807, 2.05) is 0 Å². The van der Waals surface area contributed by atoms with Crippen LogP contribution in [0.1, 0.15) is 18.0 Å². The number of ether oxygens (including phenoxy) is 1. The van der Waals surface area contributed by atoms with E-state index in [1.54, 1.807) is 0 Å². The minimum atomic E-state index is -2.25. The molecule has 0 amide bonds. The number of hydrogen-bond acceptors (Lipinski definition) is 5. The van der Waals surface area contributed by atoms with Gasteiger partial charge in [0.15, 0.2) is 11.5 Å². The molecule has 1 rings (SSSR count). The van der Waals surface area contributed by atoms with Crippen molar-refractivity contribution < 1.29 is 25.2 Å². The first kappa shape index (κ1) is 7.51. The van der Waals surface area contributed by atoms with Crippen LogP contribution < -0.4 is 5.73 Å². The Balaban J connectivity index is 3.26. The van der Waals surface area contributed by atoms with E-state index in [0.717, 1.165) is 0 Å². The molecule has 0 aliphatic heterocycles. The summed E-state index contributed by atoms with van der Waals surface area (Å²) in [5, 5.41) is 18.8. The highest BCUT2D eigenvalue weighted by molar-refractivity contribution is 5.75. The van der Waals surface area contributed by atoms with E-state index < -0.39 is 48.0 Å². The molecular formula is C11H15NO4. The predicted octanol–water partition coefficient (Wildman–Crippen LogP) is 0.531. The molecule has 4 N–H and O–H groups in total. The zero-order chi connectivity index (χ0) is 15.7. The quantitative estimate of drug-likeness (QED) is 0.517. The second-order valence-electron chi connectivity index (χ2n) is 2.97. The van der Waals surface area contributed by atoms with E-state index in [1.165, 1.54) is 6.92 Å². The number of phenolic OH excluding ortho intramolecular Hbond substituents is 2. The summed E-state index contributed by atoms with van der Waals surface area (Å²) in [6, 6.07) is -4.17. The summed E-state index contributed by atoms with van der Waals surface area (Å²) in [6.45, 7) is 1.55. The molecule has 0 fully saturated rings. The lowest BCUT2D eigenvalue weighted by atomic mass is 10.1. The van der Waals surface area contributed by atoms with Crippen LogP contribution >= 0.6 is 0 Å². The molecule has 0 aliphatic rings. The summed E-state index contributed by atoms with van der Waals surface area (Å²) >= 11 is 0. The number of rotatable bonds is 4. The molecule has 1 aromatic rings. The van der Waals surface area contributed by atoms with Gasteiger partial charge in [-0.3, -0.25) is 4.79 Å². The summed E-state index contributed by atoms with van der Waals surface area (Å²) in [7, 11) is 0. The number of esters is 1. The van der Waals surface area contributed by atoms with Crippen LogP contribution in [0.2, 0.25) is 0 Å². The van der Waals surface area contributed by atoms with Gasteiger partial charge in [-0.15, -0.1) is 0 Å². The van der Waals surface area contributed by atoms with Gasteiger partial charge in [-0.1, -0.05) is 6.04 Å². The van der Waals surface area contributed by atoms with Crippen LogP contribution in [0.4, 0.5) is 0 Å². The molecule has 0 bridgehead atoms. The molecule has 16 heavy (non-hydrogen) atoms. The summed E-state index contributed by atoms with van der Waals surface area (Å²) in [5.41, 5.74) is 5.19. The van der Waals surface area contributed by atoms with Crippen molar-refractivity contribution in [3.8, 4) is 11.5 Å². The second-order valence-corrected chi connectivity index (χ2v) is 2.97. The number of phenols is 2. The van der Waals surface area contributed by atoms with E-state index in [2.05, 4.69) is 4.74 Å².